The first-order chi connectivity index (χ1) is 10.6. The smallest absolute Gasteiger partial charge is 0.323 e. The number of aryl methyl sites for hydroxylation is 2. The van der Waals surface area contributed by atoms with Crippen LogP contribution in [0.4, 0.5) is 0 Å². The van der Waals surface area contributed by atoms with E-state index in [1.807, 2.05) is 26.0 Å². The van der Waals surface area contributed by atoms with Crippen molar-refractivity contribution in [1.29, 1.82) is 0 Å². The molecule has 2 aliphatic heterocycles. The lowest BCUT2D eigenvalue weighted by Gasteiger charge is -2.33. The molecule has 1 aromatic carbocycles. The first-order valence-corrected chi connectivity index (χ1v) is 8.08. The fourth-order valence-electron chi connectivity index (χ4n) is 3.60. The molecule has 3 rings (SSSR count). The van der Waals surface area contributed by atoms with Gasteiger partial charge in [-0.1, -0.05) is 23.8 Å². The third-order valence-corrected chi connectivity index (χ3v) is 4.90. The van der Waals surface area contributed by atoms with Gasteiger partial charge in [-0.15, -0.1) is 0 Å². The topological polar surface area (TPSA) is 46.6 Å². The number of carbonyl (C=O) groups is 2. The molecule has 0 aliphatic carbocycles. The zero-order valence-corrected chi connectivity index (χ0v) is 13.3. The fraction of sp³-hybridized carbons (Fsp3) is 0.556. The van der Waals surface area contributed by atoms with E-state index in [0.29, 0.717) is 6.61 Å². The minimum Gasteiger partial charge on any atom is -0.464 e. The Balaban J connectivity index is 1.63. The van der Waals surface area contributed by atoms with Gasteiger partial charge in [-0.05, 0) is 45.3 Å². The molecule has 0 N–H and O–H groups in total. The number of hydrogen-bond acceptors (Lipinski definition) is 4. The average Bonchev–Trinajstić information content (AvgIpc) is 2.93. The Morgan fingerprint density at radius 3 is 2.50 bits per heavy atom. The van der Waals surface area contributed by atoms with Crippen molar-refractivity contribution in [2.75, 3.05) is 19.7 Å². The standard InChI is InChI=1S/C18H23NO3/c1-12-3-4-15(13(2)11-12)17(20)14-5-8-19(9-6-14)16-7-10-22-18(16)21/h3-4,11,14,16H,5-10H2,1-2H3. The summed E-state index contributed by atoms with van der Waals surface area (Å²) in [4.78, 5) is 26.6. The van der Waals surface area contributed by atoms with Crippen LogP contribution >= 0.6 is 0 Å². The third kappa shape index (κ3) is 2.93. The highest BCUT2D eigenvalue weighted by Crippen LogP contribution is 2.26. The molecule has 118 valence electrons. The molecule has 0 saturated carbocycles. The molecular weight excluding hydrogens is 278 g/mol. The zero-order chi connectivity index (χ0) is 15.7. The van der Waals surface area contributed by atoms with Gasteiger partial charge in [0.05, 0.1) is 6.61 Å². The first kappa shape index (κ1) is 15.2. The summed E-state index contributed by atoms with van der Waals surface area (Å²) in [6, 6.07) is 5.94. The zero-order valence-electron chi connectivity index (χ0n) is 13.3. The van der Waals surface area contributed by atoms with Crippen molar-refractivity contribution in [2.24, 2.45) is 5.92 Å². The van der Waals surface area contributed by atoms with Gasteiger partial charge in [-0.25, -0.2) is 0 Å². The predicted octanol–water partition coefficient (Wildman–Crippen LogP) is 2.51. The van der Waals surface area contributed by atoms with E-state index in [4.69, 9.17) is 4.74 Å². The van der Waals surface area contributed by atoms with Crippen molar-refractivity contribution < 1.29 is 14.3 Å². The molecule has 0 bridgehead atoms. The van der Waals surface area contributed by atoms with Crippen molar-refractivity contribution in [3.63, 3.8) is 0 Å². The third-order valence-electron chi connectivity index (χ3n) is 4.90. The summed E-state index contributed by atoms with van der Waals surface area (Å²) in [5, 5.41) is 0. The molecule has 4 nitrogen and oxygen atoms in total. The minimum atomic E-state index is -0.0980. The minimum absolute atomic E-state index is 0.0788. The van der Waals surface area contributed by atoms with Crippen LogP contribution in [0, 0.1) is 19.8 Å². The molecule has 4 heteroatoms. The van der Waals surface area contributed by atoms with Gasteiger partial charge in [0, 0.05) is 17.9 Å². The van der Waals surface area contributed by atoms with Crippen LogP contribution in [0.5, 0.6) is 0 Å². The number of hydrogen-bond donors (Lipinski definition) is 0. The van der Waals surface area contributed by atoms with E-state index in [1.54, 1.807) is 0 Å². The average molecular weight is 301 g/mol. The monoisotopic (exact) mass is 301 g/mol. The Morgan fingerprint density at radius 1 is 1.18 bits per heavy atom. The van der Waals surface area contributed by atoms with Gasteiger partial charge in [0.2, 0.25) is 0 Å². The van der Waals surface area contributed by atoms with Crippen molar-refractivity contribution >= 4 is 11.8 Å². The lowest BCUT2D eigenvalue weighted by molar-refractivity contribution is -0.142. The Hall–Kier alpha value is -1.68. The lowest BCUT2D eigenvalue weighted by Crippen LogP contribution is -2.44. The predicted molar refractivity (Wildman–Crippen MR) is 83.9 cm³/mol. The summed E-state index contributed by atoms with van der Waals surface area (Å²) in [6.07, 6.45) is 2.44. The largest absolute Gasteiger partial charge is 0.464 e. The number of piperidine rings is 1. The van der Waals surface area contributed by atoms with Gasteiger partial charge in [-0.2, -0.15) is 0 Å². The van der Waals surface area contributed by atoms with Gasteiger partial charge in [0.15, 0.2) is 5.78 Å². The molecule has 0 aromatic heterocycles. The van der Waals surface area contributed by atoms with Crippen molar-refractivity contribution in [3.8, 4) is 0 Å². The molecule has 2 heterocycles. The van der Waals surface area contributed by atoms with Crippen LogP contribution < -0.4 is 0 Å². The molecule has 0 amide bonds. The van der Waals surface area contributed by atoms with Gasteiger partial charge in [0.25, 0.3) is 0 Å². The summed E-state index contributed by atoms with van der Waals surface area (Å²) in [6.45, 7) is 6.19. The van der Waals surface area contributed by atoms with E-state index in [2.05, 4.69) is 11.0 Å². The highest BCUT2D eigenvalue weighted by atomic mass is 16.5. The second-order valence-electron chi connectivity index (χ2n) is 6.46. The van der Waals surface area contributed by atoms with Crippen LogP contribution in [0.25, 0.3) is 0 Å². The summed E-state index contributed by atoms with van der Waals surface area (Å²) in [5.41, 5.74) is 3.10. The highest BCUT2D eigenvalue weighted by molar-refractivity contribution is 5.99. The van der Waals surface area contributed by atoms with Crippen molar-refractivity contribution in [3.05, 3.63) is 34.9 Å². The number of ether oxygens (including phenoxy) is 1. The summed E-state index contributed by atoms with van der Waals surface area (Å²) >= 11 is 0. The van der Waals surface area contributed by atoms with Crippen LogP contribution in [0.3, 0.4) is 0 Å². The number of rotatable bonds is 3. The maximum Gasteiger partial charge on any atom is 0.323 e. The van der Waals surface area contributed by atoms with Crippen LogP contribution in [-0.4, -0.2) is 42.4 Å². The van der Waals surface area contributed by atoms with Crippen LogP contribution in [0.1, 0.15) is 40.7 Å². The number of carbonyl (C=O) groups excluding carboxylic acids is 2. The van der Waals surface area contributed by atoms with Gasteiger partial charge in [-0.3, -0.25) is 14.5 Å². The molecule has 0 radical (unpaired) electrons. The maximum atomic E-state index is 12.7. The number of esters is 1. The fourth-order valence-corrected chi connectivity index (χ4v) is 3.60. The van der Waals surface area contributed by atoms with E-state index in [1.165, 1.54) is 5.56 Å². The first-order valence-electron chi connectivity index (χ1n) is 8.08. The Labute approximate surface area is 131 Å². The Bertz CT molecular complexity index is 588. The molecule has 22 heavy (non-hydrogen) atoms. The van der Waals surface area contributed by atoms with E-state index in [0.717, 1.165) is 43.5 Å². The lowest BCUT2D eigenvalue weighted by atomic mass is 9.86. The van der Waals surface area contributed by atoms with Crippen LogP contribution in [-0.2, 0) is 9.53 Å². The molecule has 2 saturated heterocycles. The van der Waals surface area contributed by atoms with Crippen LogP contribution in [0.15, 0.2) is 18.2 Å². The molecule has 1 aromatic rings. The van der Waals surface area contributed by atoms with Gasteiger partial charge in [0.1, 0.15) is 6.04 Å². The van der Waals surface area contributed by atoms with Gasteiger partial charge >= 0.3 is 5.97 Å². The Kier molecular flexibility index (Phi) is 4.30. The molecule has 2 fully saturated rings. The summed E-state index contributed by atoms with van der Waals surface area (Å²) in [7, 11) is 0. The number of nitrogens with zero attached hydrogens (tertiary/aromatic N) is 1. The summed E-state index contributed by atoms with van der Waals surface area (Å²) < 4.78 is 5.04. The van der Waals surface area contributed by atoms with Gasteiger partial charge < -0.3 is 4.74 Å². The second kappa shape index (κ2) is 6.21. The van der Waals surface area contributed by atoms with E-state index < -0.39 is 0 Å². The Morgan fingerprint density at radius 2 is 1.91 bits per heavy atom. The number of Topliss-reactive ketones (excluding diaryl/α,β-unsaturated/α-hetero) is 1. The van der Waals surface area contributed by atoms with Crippen LogP contribution in [0.2, 0.25) is 0 Å². The van der Waals surface area contributed by atoms with E-state index in [9.17, 15) is 9.59 Å². The quantitative estimate of drug-likeness (QED) is 0.636. The SMILES string of the molecule is Cc1ccc(C(=O)C2CCN(C3CCOC3=O)CC2)c(C)c1. The second-order valence-corrected chi connectivity index (χ2v) is 6.46. The molecule has 1 unspecified atom stereocenters. The molecule has 1 atom stereocenters. The molecule has 0 spiro atoms. The van der Waals surface area contributed by atoms with E-state index in [-0.39, 0.29) is 23.7 Å². The number of likely N-dealkylation sites (tertiary alicyclic amines) is 1. The molecular formula is C18H23NO3. The number of cyclic esters (lactones) is 1. The van der Waals surface area contributed by atoms with Crippen molar-refractivity contribution in [2.45, 2.75) is 39.2 Å². The summed E-state index contributed by atoms with van der Waals surface area (Å²) in [5.74, 6) is 0.236. The number of ketones is 1. The highest BCUT2D eigenvalue weighted by Gasteiger charge is 2.36. The van der Waals surface area contributed by atoms with E-state index >= 15 is 0 Å². The molecule has 2 aliphatic rings. The van der Waals surface area contributed by atoms with Crippen molar-refractivity contribution in [1.82, 2.24) is 4.90 Å². The maximum absolute atomic E-state index is 12.7. The number of benzene rings is 1. The normalized spacial score (nSPS) is 23.5.